The van der Waals surface area contributed by atoms with E-state index in [-0.39, 0.29) is 5.91 Å². The molecule has 1 heterocycles. The number of thiazole rings is 1. The van der Waals surface area contributed by atoms with E-state index in [1.165, 1.54) is 5.56 Å². The molecule has 0 spiro atoms. The van der Waals surface area contributed by atoms with Gasteiger partial charge in [0.25, 0.3) is 5.91 Å². The first-order valence-corrected chi connectivity index (χ1v) is 8.77. The number of carbonyl (C=O) groups excluding carboxylic acids is 1. The number of benzene rings is 2. The number of aromatic nitrogens is 1. The van der Waals surface area contributed by atoms with Gasteiger partial charge in [0.2, 0.25) is 0 Å². The smallest absolute Gasteiger partial charge is 0.279 e. The quantitative estimate of drug-likeness (QED) is 0.715. The number of carbonyl (C=O) groups is 1. The van der Waals surface area contributed by atoms with Gasteiger partial charge in [-0.3, -0.25) is 4.79 Å². The molecule has 0 aliphatic rings. The van der Waals surface area contributed by atoms with Crippen LogP contribution in [0.1, 0.15) is 29.3 Å². The summed E-state index contributed by atoms with van der Waals surface area (Å²) in [6.45, 7) is 5.03. The van der Waals surface area contributed by atoms with E-state index in [2.05, 4.69) is 41.6 Å². The lowest BCUT2D eigenvalue weighted by Gasteiger charge is -2.03. The van der Waals surface area contributed by atoms with Crippen molar-refractivity contribution in [3.05, 3.63) is 58.4 Å². The van der Waals surface area contributed by atoms with Crippen LogP contribution in [0.25, 0.3) is 10.2 Å². The highest BCUT2D eigenvalue weighted by Crippen LogP contribution is 2.20. The summed E-state index contributed by atoms with van der Waals surface area (Å²) < 4.78 is 8.46. The molecule has 3 rings (SSSR count). The summed E-state index contributed by atoms with van der Waals surface area (Å²) in [6.07, 6.45) is 0.986. The molecule has 0 saturated carbocycles. The summed E-state index contributed by atoms with van der Waals surface area (Å²) in [4.78, 5) is 17.7. The average Bonchev–Trinajstić information content (AvgIpc) is 2.91. The molecule has 0 atom stereocenters. The SMILES string of the molecule is CCCn1c(=NC(=O)c2cccc(OC)c2)sc2cc(C)ccc21. The molecule has 0 radical (unpaired) electrons. The normalized spacial score (nSPS) is 11.9. The van der Waals surface area contributed by atoms with Crippen molar-refractivity contribution < 1.29 is 9.53 Å². The highest BCUT2D eigenvalue weighted by molar-refractivity contribution is 7.16. The van der Waals surface area contributed by atoms with Crippen molar-refractivity contribution in [3.63, 3.8) is 0 Å². The van der Waals surface area contributed by atoms with E-state index < -0.39 is 0 Å². The van der Waals surface area contributed by atoms with Gasteiger partial charge in [-0.05, 0) is 49.2 Å². The summed E-state index contributed by atoms with van der Waals surface area (Å²) >= 11 is 1.56. The van der Waals surface area contributed by atoms with Crippen LogP contribution in [0.3, 0.4) is 0 Å². The van der Waals surface area contributed by atoms with Gasteiger partial charge in [0.1, 0.15) is 5.75 Å². The number of amides is 1. The molecular formula is C19H20N2O2S. The molecule has 124 valence electrons. The summed E-state index contributed by atoms with van der Waals surface area (Å²) in [5.41, 5.74) is 2.87. The van der Waals surface area contributed by atoms with Crippen LogP contribution in [0.5, 0.6) is 5.75 Å². The predicted molar refractivity (Wildman–Crippen MR) is 97.7 cm³/mol. The van der Waals surface area contributed by atoms with Crippen LogP contribution in [0.2, 0.25) is 0 Å². The second-order valence-electron chi connectivity index (χ2n) is 5.66. The van der Waals surface area contributed by atoms with Gasteiger partial charge < -0.3 is 9.30 Å². The highest BCUT2D eigenvalue weighted by atomic mass is 32.1. The Hall–Kier alpha value is -2.40. The van der Waals surface area contributed by atoms with Crippen molar-refractivity contribution in [1.29, 1.82) is 0 Å². The van der Waals surface area contributed by atoms with E-state index >= 15 is 0 Å². The lowest BCUT2D eigenvalue weighted by molar-refractivity contribution is 0.0997. The van der Waals surface area contributed by atoms with Crippen LogP contribution in [0, 0.1) is 6.92 Å². The van der Waals surface area contributed by atoms with Crippen LogP contribution in [0.4, 0.5) is 0 Å². The summed E-state index contributed by atoms with van der Waals surface area (Å²) in [7, 11) is 1.59. The minimum atomic E-state index is -0.248. The van der Waals surface area contributed by atoms with Crippen LogP contribution < -0.4 is 9.54 Å². The molecule has 0 bridgehead atoms. The molecule has 3 aromatic rings. The topological polar surface area (TPSA) is 43.6 Å². The molecule has 0 N–H and O–H groups in total. The van der Waals surface area contributed by atoms with Crippen molar-refractivity contribution in [2.24, 2.45) is 4.99 Å². The highest BCUT2D eigenvalue weighted by Gasteiger charge is 2.09. The van der Waals surface area contributed by atoms with Crippen molar-refractivity contribution >= 4 is 27.5 Å². The largest absolute Gasteiger partial charge is 0.497 e. The van der Waals surface area contributed by atoms with E-state index in [1.807, 2.05) is 6.07 Å². The molecule has 0 saturated heterocycles. The van der Waals surface area contributed by atoms with Gasteiger partial charge in [0.15, 0.2) is 4.80 Å². The monoisotopic (exact) mass is 340 g/mol. The van der Waals surface area contributed by atoms with Gasteiger partial charge in [-0.1, -0.05) is 30.4 Å². The number of rotatable bonds is 4. The molecular weight excluding hydrogens is 320 g/mol. The number of nitrogens with zero attached hydrogens (tertiary/aromatic N) is 2. The molecule has 0 aliphatic carbocycles. The average molecular weight is 340 g/mol. The van der Waals surface area contributed by atoms with Crippen molar-refractivity contribution in [2.75, 3.05) is 7.11 Å². The van der Waals surface area contributed by atoms with Crippen molar-refractivity contribution in [1.82, 2.24) is 4.57 Å². The van der Waals surface area contributed by atoms with Crippen molar-refractivity contribution in [3.8, 4) is 5.75 Å². The minimum Gasteiger partial charge on any atom is -0.497 e. The molecule has 1 amide bonds. The molecule has 1 aromatic heterocycles. The molecule has 4 nitrogen and oxygen atoms in total. The second-order valence-corrected chi connectivity index (χ2v) is 6.67. The number of fused-ring (bicyclic) bond motifs is 1. The predicted octanol–water partition coefficient (Wildman–Crippen LogP) is 4.17. The Morgan fingerprint density at radius 2 is 2.08 bits per heavy atom. The standard InChI is InChI=1S/C19H20N2O2S/c1-4-10-21-16-9-8-13(2)11-17(16)24-19(21)20-18(22)14-6-5-7-15(12-14)23-3/h5-9,11-12H,4,10H2,1-3H3. The number of hydrogen-bond acceptors (Lipinski definition) is 3. The van der Waals surface area contributed by atoms with E-state index in [0.29, 0.717) is 11.3 Å². The summed E-state index contributed by atoms with van der Waals surface area (Å²) in [5.74, 6) is 0.409. The Balaban J connectivity index is 2.11. The molecule has 5 heteroatoms. The zero-order valence-corrected chi connectivity index (χ0v) is 14.9. The van der Waals surface area contributed by atoms with Crippen molar-refractivity contribution in [2.45, 2.75) is 26.8 Å². The maximum absolute atomic E-state index is 12.6. The summed E-state index contributed by atoms with van der Waals surface area (Å²) in [5, 5.41) is 0. The Morgan fingerprint density at radius 3 is 2.83 bits per heavy atom. The number of aryl methyl sites for hydroxylation is 2. The first kappa shape index (κ1) is 16.5. The molecule has 24 heavy (non-hydrogen) atoms. The molecule has 0 fully saturated rings. The van der Waals surface area contributed by atoms with Gasteiger partial charge in [-0.2, -0.15) is 4.99 Å². The minimum absolute atomic E-state index is 0.248. The number of ether oxygens (including phenoxy) is 1. The van der Waals surface area contributed by atoms with Gasteiger partial charge in [-0.15, -0.1) is 0 Å². The van der Waals surface area contributed by atoms with Crippen LogP contribution in [-0.2, 0) is 6.54 Å². The maximum Gasteiger partial charge on any atom is 0.279 e. The molecule has 0 unspecified atom stereocenters. The van der Waals surface area contributed by atoms with E-state index in [0.717, 1.165) is 28.0 Å². The van der Waals surface area contributed by atoms with Crippen LogP contribution in [0.15, 0.2) is 47.5 Å². The van der Waals surface area contributed by atoms with Gasteiger partial charge >= 0.3 is 0 Å². The van der Waals surface area contributed by atoms with E-state index in [4.69, 9.17) is 4.74 Å². The lowest BCUT2D eigenvalue weighted by Crippen LogP contribution is -2.16. The third-order valence-corrected chi connectivity index (χ3v) is 4.84. The van der Waals surface area contributed by atoms with E-state index in [9.17, 15) is 4.79 Å². The van der Waals surface area contributed by atoms with Gasteiger partial charge in [0.05, 0.1) is 17.3 Å². The Labute approximate surface area is 145 Å². The Bertz CT molecular complexity index is 953. The van der Waals surface area contributed by atoms with Crippen LogP contribution in [-0.4, -0.2) is 17.6 Å². The third-order valence-electron chi connectivity index (χ3n) is 3.80. The second kappa shape index (κ2) is 7.01. The molecule has 0 aliphatic heterocycles. The number of hydrogen-bond donors (Lipinski definition) is 0. The van der Waals surface area contributed by atoms with Crippen LogP contribution >= 0.6 is 11.3 Å². The zero-order valence-electron chi connectivity index (χ0n) is 14.1. The Morgan fingerprint density at radius 1 is 1.25 bits per heavy atom. The number of methoxy groups -OCH3 is 1. The third kappa shape index (κ3) is 3.26. The Kier molecular flexibility index (Phi) is 4.81. The fraction of sp³-hybridized carbons (Fsp3) is 0.263. The fourth-order valence-electron chi connectivity index (χ4n) is 2.61. The molecule has 2 aromatic carbocycles. The first-order valence-electron chi connectivity index (χ1n) is 7.95. The summed E-state index contributed by atoms with van der Waals surface area (Å²) in [6, 6.07) is 13.4. The first-order chi connectivity index (χ1) is 11.6. The zero-order chi connectivity index (χ0) is 17.1. The van der Waals surface area contributed by atoms with E-state index in [1.54, 1.807) is 36.6 Å². The fourth-order valence-corrected chi connectivity index (χ4v) is 3.77. The van der Waals surface area contributed by atoms with Gasteiger partial charge in [0, 0.05) is 12.1 Å². The lowest BCUT2D eigenvalue weighted by atomic mass is 10.2. The van der Waals surface area contributed by atoms with Gasteiger partial charge in [-0.25, -0.2) is 0 Å². The maximum atomic E-state index is 12.6.